The van der Waals surface area contributed by atoms with Gasteiger partial charge in [-0.3, -0.25) is 0 Å². The van der Waals surface area contributed by atoms with Crippen LogP contribution in [0.15, 0.2) is 30.3 Å². The molecule has 1 aromatic carbocycles. The Morgan fingerprint density at radius 1 is 1.18 bits per heavy atom. The van der Waals surface area contributed by atoms with E-state index in [1.54, 1.807) is 11.3 Å². The topological polar surface area (TPSA) is 12.0 Å². The number of thiophene rings is 1. The van der Waals surface area contributed by atoms with Gasteiger partial charge in [-0.25, -0.2) is 0 Å². The Morgan fingerprint density at radius 3 is 2.59 bits per heavy atom. The molecule has 0 saturated carbocycles. The van der Waals surface area contributed by atoms with Crippen LogP contribution in [0.3, 0.4) is 0 Å². The minimum absolute atomic E-state index is 0.227. The number of hydrogen-bond acceptors (Lipinski definition) is 2. The number of nitrogens with one attached hydrogen (secondary N) is 1. The number of rotatable bonds is 3. The molecule has 0 radical (unpaired) electrons. The van der Waals surface area contributed by atoms with Crippen molar-refractivity contribution in [1.82, 2.24) is 0 Å². The zero-order valence-corrected chi connectivity index (χ0v) is 12.0. The number of anilines is 1. The Balaban J connectivity index is 2.18. The summed E-state index contributed by atoms with van der Waals surface area (Å²) in [5, 5.41) is 4.23. The molecule has 0 aliphatic heterocycles. The van der Waals surface area contributed by atoms with Crippen LogP contribution in [0, 0.1) is 6.92 Å². The smallest absolute Gasteiger partial charge is 0.0932 e. The third-order valence-corrected chi connectivity index (χ3v) is 4.48. The molecule has 0 amide bonds. The lowest BCUT2D eigenvalue weighted by Gasteiger charge is -2.16. The third kappa shape index (κ3) is 2.95. The van der Waals surface area contributed by atoms with Crippen LogP contribution in [0.4, 0.5) is 5.69 Å². The fraction of sp³-hybridized carbons (Fsp3) is 0.231. The molecule has 0 fully saturated rings. The molecule has 0 aliphatic carbocycles. The van der Waals surface area contributed by atoms with Gasteiger partial charge in [0.15, 0.2) is 0 Å². The van der Waals surface area contributed by atoms with E-state index in [2.05, 4.69) is 12.2 Å². The molecule has 17 heavy (non-hydrogen) atoms. The highest BCUT2D eigenvalue weighted by atomic mass is 35.5. The van der Waals surface area contributed by atoms with Crippen molar-refractivity contribution in [2.75, 3.05) is 5.32 Å². The van der Waals surface area contributed by atoms with E-state index >= 15 is 0 Å². The monoisotopic (exact) mass is 285 g/mol. The highest BCUT2D eigenvalue weighted by molar-refractivity contribution is 7.16. The lowest BCUT2D eigenvalue weighted by molar-refractivity contribution is 0.905. The number of hydrogen-bond donors (Lipinski definition) is 1. The van der Waals surface area contributed by atoms with Crippen LogP contribution < -0.4 is 5.32 Å². The van der Waals surface area contributed by atoms with E-state index in [-0.39, 0.29) is 6.04 Å². The molecule has 0 bridgehead atoms. The molecule has 90 valence electrons. The first kappa shape index (κ1) is 12.7. The van der Waals surface area contributed by atoms with Gasteiger partial charge in [0.1, 0.15) is 0 Å². The molecule has 0 saturated heterocycles. The molecule has 0 spiro atoms. The van der Waals surface area contributed by atoms with Crippen molar-refractivity contribution in [2.45, 2.75) is 19.9 Å². The van der Waals surface area contributed by atoms with Crippen molar-refractivity contribution in [3.05, 3.63) is 50.1 Å². The maximum atomic E-state index is 6.09. The maximum Gasteiger partial charge on any atom is 0.0932 e. The zero-order chi connectivity index (χ0) is 12.4. The minimum Gasteiger partial charge on any atom is -0.377 e. The molecule has 2 aromatic rings. The lowest BCUT2D eigenvalue weighted by Crippen LogP contribution is -2.06. The average molecular weight is 286 g/mol. The summed E-state index contributed by atoms with van der Waals surface area (Å²) in [4.78, 5) is 1.22. The van der Waals surface area contributed by atoms with E-state index in [0.29, 0.717) is 0 Å². The molecule has 1 aromatic heterocycles. The molecule has 1 N–H and O–H groups in total. The molecule has 4 heteroatoms. The van der Waals surface area contributed by atoms with E-state index < -0.39 is 0 Å². The van der Waals surface area contributed by atoms with Crippen LogP contribution >= 0.6 is 34.5 Å². The van der Waals surface area contributed by atoms with Gasteiger partial charge in [0.05, 0.1) is 10.4 Å². The molecule has 1 nitrogen and oxygen atoms in total. The first-order valence-corrected chi connectivity index (χ1v) is 6.92. The van der Waals surface area contributed by atoms with Crippen LogP contribution in [0.25, 0.3) is 0 Å². The second-order valence-corrected chi connectivity index (χ2v) is 6.07. The number of benzene rings is 1. The SMILES string of the molecule is Cc1c(Cl)cccc1NC(C)c1ccc(Cl)s1. The average Bonchev–Trinajstić information content (AvgIpc) is 2.72. The van der Waals surface area contributed by atoms with Gasteiger partial charge in [0.2, 0.25) is 0 Å². The fourth-order valence-electron chi connectivity index (χ4n) is 1.63. The van der Waals surface area contributed by atoms with Crippen molar-refractivity contribution in [1.29, 1.82) is 0 Å². The van der Waals surface area contributed by atoms with E-state index in [9.17, 15) is 0 Å². The van der Waals surface area contributed by atoms with Crippen LogP contribution in [-0.2, 0) is 0 Å². The summed E-state index contributed by atoms with van der Waals surface area (Å²) >= 11 is 13.6. The predicted octanol–water partition coefficient (Wildman–Crippen LogP) is 5.54. The van der Waals surface area contributed by atoms with Gasteiger partial charge in [-0.15, -0.1) is 11.3 Å². The second kappa shape index (κ2) is 5.30. The number of halogens is 2. The summed E-state index contributed by atoms with van der Waals surface area (Å²) in [5.74, 6) is 0. The first-order valence-electron chi connectivity index (χ1n) is 5.35. The summed E-state index contributed by atoms with van der Waals surface area (Å²) in [6.07, 6.45) is 0. The van der Waals surface area contributed by atoms with E-state index in [0.717, 1.165) is 20.6 Å². The lowest BCUT2D eigenvalue weighted by atomic mass is 10.1. The molecule has 1 unspecified atom stereocenters. The predicted molar refractivity (Wildman–Crippen MR) is 77.6 cm³/mol. The Hall–Kier alpha value is -0.700. The highest BCUT2D eigenvalue weighted by Gasteiger charge is 2.10. The van der Waals surface area contributed by atoms with Gasteiger partial charge < -0.3 is 5.32 Å². The van der Waals surface area contributed by atoms with Crippen LogP contribution in [0.1, 0.15) is 23.4 Å². The van der Waals surface area contributed by atoms with Crippen molar-refractivity contribution in [2.24, 2.45) is 0 Å². The normalized spacial score (nSPS) is 12.5. The van der Waals surface area contributed by atoms with E-state index in [1.165, 1.54) is 4.88 Å². The standard InChI is InChI=1S/C13H13Cl2NS/c1-8-10(14)4-3-5-11(8)16-9(2)12-6-7-13(15)17-12/h3-7,9,16H,1-2H3. The quantitative estimate of drug-likeness (QED) is 0.781. The largest absolute Gasteiger partial charge is 0.377 e. The van der Waals surface area contributed by atoms with Crippen molar-refractivity contribution < 1.29 is 0 Å². The zero-order valence-electron chi connectivity index (χ0n) is 9.63. The third-order valence-electron chi connectivity index (χ3n) is 2.66. The summed E-state index contributed by atoms with van der Waals surface area (Å²) in [7, 11) is 0. The summed E-state index contributed by atoms with van der Waals surface area (Å²) < 4.78 is 0.816. The Labute approximate surface area is 115 Å². The van der Waals surface area contributed by atoms with Crippen molar-refractivity contribution in [3.63, 3.8) is 0 Å². The fourth-order valence-corrected chi connectivity index (χ4v) is 2.87. The van der Waals surface area contributed by atoms with Gasteiger partial charge in [-0.05, 0) is 43.7 Å². The summed E-state index contributed by atoms with van der Waals surface area (Å²) in [6, 6.07) is 10.1. The molecule has 1 heterocycles. The molecular weight excluding hydrogens is 273 g/mol. The van der Waals surface area contributed by atoms with Gasteiger partial charge >= 0.3 is 0 Å². The molecular formula is C13H13Cl2NS. The van der Waals surface area contributed by atoms with Crippen LogP contribution in [-0.4, -0.2) is 0 Å². The van der Waals surface area contributed by atoms with Gasteiger partial charge in [-0.1, -0.05) is 29.3 Å². The molecule has 0 aliphatic rings. The second-order valence-electron chi connectivity index (χ2n) is 3.92. The maximum absolute atomic E-state index is 6.09. The van der Waals surface area contributed by atoms with Crippen molar-refractivity contribution >= 4 is 40.2 Å². The Kier molecular flexibility index (Phi) is 3.97. The summed E-state index contributed by atoms with van der Waals surface area (Å²) in [6.45, 7) is 4.13. The first-order chi connectivity index (χ1) is 8.08. The highest BCUT2D eigenvalue weighted by Crippen LogP contribution is 2.31. The Morgan fingerprint density at radius 2 is 1.94 bits per heavy atom. The molecule has 1 atom stereocenters. The molecule has 2 rings (SSSR count). The van der Waals surface area contributed by atoms with Crippen LogP contribution in [0.5, 0.6) is 0 Å². The van der Waals surface area contributed by atoms with Gasteiger partial charge in [-0.2, -0.15) is 0 Å². The van der Waals surface area contributed by atoms with E-state index in [4.69, 9.17) is 23.2 Å². The Bertz CT molecular complexity index is 522. The van der Waals surface area contributed by atoms with Gasteiger partial charge in [0, 0.05) is 15.6 Å². The van der Waals surface area contributed by atoms with Crippen LogP contribution in [0.2, 0.25) is 9.36 Å². The van der Waals surface area contributed by atoms with Crippen molar-refractivity contribution in [3.8, 4) is 0 Å². The van der Waals surface area contributed by atoms with E-state index in [1.807, 2.05) is 37.3 Å². The summed E-state index contributed by atoms with van der Waals surface area (Å²) in [5.41, 5.74) is 2.14. The van der Waals surface area contributed by atoms with Gasteiger partial charge in [0.25, 0.3) is 0 Å². The minimum atomic E-state index is 0.227.